The Bertz CT molecular complexity index is 856. The number of benzene rings is 1. The second kappa shape index (κ2) is 6.78. The summed E-state index contributed by atoms with van der Waals surface area (Å²) in [4.78, 5) is 25.1. The van der Waals surface area contributed by atoms with Crippen LogP contribution in [0.4, 0.5) is 0 Å². The maximum Gasteiger partial charge on any atom is 0.304 e. The van der Waals surface area contributed by atoms with E-state index in [-0.39, 0.29) is 5.91 Å². The standard InChI is InChI=1S/C18H20N4O2/c1-12(2)4-7-17(23)22-16-6-5-13(14-9-19-11-20-10-14)8-15(16)21-18(22)24-3/h5-6,8-12H,4,7H2,1-3H3. The highest BCUT2D eigenvalue weighted by Gasteiger charge is 2.18. The van der Waals surface area contributed by atoms with E-state index >= 15 is 0 Å². The van der Waals surface area contributed by atoms with Gasteiger partial charge in [0.2, 0.25) is 5.91 Å². The van der Waals surface area contributed by atoms with E-state index in [9.17, 15) is 4.79 Å². The number of nitrogens with zero attached hydrogens (tertiary/aromatic N) is 4. The molecule has 0 N–H and O–H groups in total. The number of hydrogen-bond donors (Lipinski definition) is 0. The van der Waals surface area contributed by atoms with Gasteiger partial charge in [-0.3, -0.25) is 4.79 Å². The molecule has 0 amide bonds. The van der Waals surface area contributed by atoms with Gasteiger partial charge in [0.1, 0.15) is 6.33 Å². The zero-order valence-corrected chi connectivity index (χ0v) is 14.1. The minimum atomic E-state index is -0.00107. The number of carbonyl (C=O) groups is 1. The van der Waals surface area contributed by atoms with Crippen molar-refractivity contribution in [1.29, 1.82) is 0 Å². The lowest BCUT2D eigenvalue weighted by Gasteiger charge is -2.08. The summed E-state index contributed by atoms with van der Waals surface area (Å²) in [6.07, 6.45) is 6.29. The maximum absolute atomic E-state index is 12.6. The van der Waals surface area contributed by atoms with Crippen LogP contribution in [-0.2, 0) is 0 Å². The Morgan fingerprint density at radius 3 is 2.62 bits per heavy atom. The van der Waals surface area contributed by atoms with Gasteiger partial charge < -0.3 is 4.74 Å². The van der Waals surface area contributed by atoms with Crippen LogP contribution in [0.15, 0.2) is 36.9 Å². The molecule has 0 bridgehead atoms. The average Bonchev–Trinajstić information content (AvgIpc) is 2.98. The van der Waals surface area contributed by atoms with E-state index in [0.717, 1.165) is 23.1 Å². The fraction of sp³-hybridized carbons (Fsp3) is 0.333. The molecule has 6 heteroatoms. The third-order valence-corrected chi connectivity index (χ3v) is 3.89. The highest BCUT2D eigenvalue weighted by molar-refractivity contribution is 5.93. The van der Waals surface area contributed by atoms with E-state index < -0.39 is 0 Å². The van der Waals surface area contributed by atoms with Crippen LogP contribution in [-0.4, -0.2) is 32.5 Å². The number of methoxy groups -OCH3 is 1. The van der Waals surface area contributed by atoms with Gasteiger partial charge in [-0.05, 0) is 30.0 Å². The number of imidazole rings is 1. The molecule has 0 atom stereocenters. The first kappa shape index (κ1) is 16.1. The zero-order valence-electron chi connectivity index (χ0n) is 14.1. The van der Waals surface area contributed by atoms with Gasteiger partial charge in [0.15, 0.2) is 0 Å². The molecule has 0 fully saturated rings. The van der Waals surface area contributed by atoms with Gasteiger partial charge in [0, 0.05) is 24.4 Å². The summed E-state index contributed by atoms with van der Waals surface area (Å²) in [5.74, 6) is 0.471. The molecular formula is C18H20N4O2. The molecule has 0 aliphatic heterocycles. The van der Waals surface area contributed by atoms with Gasteiger partial charge in [0.25, 0.3) is 0 Å². The van der Waals surface area contributed by atoms with Crippen molar-refractivity contribution in [2.75, 3.05) is 7.11 Å². The largest absolute Gasteiger partial charge is 0.468 e. The molecule has 124 valence electrons. The van der Waals surface area contributed by atoms with Crippen molar-refractivity contribution < 1.29 is 9.53 Å². The van der Waals surface area contributed by atoms with Crippen molar-refractivity contribution in [3.63, 3.8) is 0 Å². The molecule has 24 heavy (non-hydrogen) atoms. The Kier molecular flexibility index (Phi) is 4.55. The summed E-state index contributed by atoms with van der Waals surface area (Å²) in [7, 11) is 1.53. The monoisotopic (exact) mass is 324 g/mol. The smallest absolute Gasteiger partial charge is 0.304 e. The molecule has 0 aliphatic carbocycles. The fourth-order valence-electron chi connectivity index (χ4n) is 2.59. The Labute approximate surface area is 140 Å². The number of fused-ring (bicyclic) bond motifs is 1. The van der Waals surface area contributed by atoms with E-state index in [1.807, 2.05) is 18.2 Å². The second-order valence-corrected chi connectivity index (χ2v) is 6.09. The third-order valence-electron chi connectivity index (χ3n) is 3.89. The highest BCUT2D eigenvalue weighted by Crippen LogP contribution is 2.27. The first-order valence-corrected chi connectivity index (χ1v) is 7.95. The van der Waals surface area contributed by atoms with Gasteiger partial charge in [-0.2, -0.15) is 4.98 Å². The van der Waals surface area contributed by atoms with Crippen LogP contribution in [0.5, 0.6) is 6.01 Å². The lowest BCUT2D eigenvalue weighted by Crippen LogP contribution is -2.12. The normalized spacial score (nSPS) is 11.2. The molecule has 0 spiro atoms. The molecule has 6 nitrogen and oxygen atoms in total. The summed E-state index contributed by atoms with van der Waals surface area (Å²) >= 11 is 0. The van der Waals surface area contributed by atoms with Crippen molar-refractivity contribution in [2.45, 2.75) is 26.7 Å². The Morgan fingerprint density at radius 1 is 1.21 bits per heavy atom. The van der Waals surface area contributed by atoms with E-state index in [1.165, 1.54) is 13.4 Å². The number of ether oxygens (including phenoxy) is 1. The van der Waals surface area contributed by atoms with Gasteiger partial charge in [-0.1, -0.05) is 19.9 Å². The highest BCUT2D eigenvalue weighted by atomic mass is 16.5. The summed E-state index contributed by atoms with van der Waals surface area (Å²) in [5, 5.41) is 0. The molecule has 2 heterocycles. The van der Waals surface area contributed by atoms with Crippen molar-refractivity contribution in [2.24, 2.45) is 5.92 Å². The summed E-state index contributed by atoms with van der Waals surface area (Å²) in [5.41, 5.74) is 3.32. The van der Waals surface area contributed by atoms with Crippen molar-refractivity contribution >= 4 is 16.9 Å². The van der Waals surface area contributed by atoms with Crippen LogP contribution in [0.3, 0.4) is 0 Å². The van der Waals surface area contributed by atoms with Crippen molar-refractivity contribution in [3.05, 3.63) is 36.9 Å². The Morgan fingerprint density at radius 2 is 1.96 bits per heavy atom. The van der Waals surface area contributed by atoms with Crippen LogP contribution in [0.2, 0.25) is 0 Å². The van der Waals surface area contributed by atoms with Crippen LogP contribution >= 0.6 is 0 Å². The molecule has 0 saturated heterocycles. The van der Waals surface area contributed by atoms with E-state index in [2.05, 4.69) is 28.8 Å². The predicted octanol–water partition coefficient (Wildman–Crippen LogP) is 3.58. The van der Waals surface area contributed by atoms with Crippen LogP contribution in [0.1, 0.15) is 31.5 Å². The molecule has 0 radical (unpaired) electrons. The van der Waals surface area contributed by atoms with E-state index in [4.69, 9.17) is 4.74 Å². The van der Waals surface area contributed by atoms with Gasteiger partial charge in [-0.15, -0.1) is 0 Å². The lowest BCUT2D eigenvalue weighted by molar-refractivity contribution is 0.0889. The summed E-state index contributed by atoms with van der Waals surface area (Å²) in [6, 6.07) is 6.07. The van der Waals surface area contributed by atoms with E-state index in [0.29, 0.717) is 23.9 Å². The molecular weight excluding hydrogens is 304 g/mol. The molecule has 0 aliphatic rings. The van der Waals surface area contributed by atoms with Crippen molar-refractivity contribution in [1.82, 2.24) is 19.5 Å². The van der Waals surface area contributed by atoms with Gasteiger partial charge in [-0.25, -0.2) is 14.5 Å². The second-order valence-electron chi connectivity index (χ2n) is 6.09. The van der Waals surface area contributed by atoms with Crippen LogP contribution in [0, 0.1) is 5.92 Å². The fourth-order valence-corrected chi connectivity index (χ4v) is 2.59. The van der Waals surface area contributed by atoms with Crippen LogP contribution in [0.25, 0.3) is 22.2 Å². The molecule has 1 aromatic carbocycles. The lowest BCUT2D eigenvalue weighted by atomic mass is 10.1. The van der Waals surface area contributed by atoms with Crippen LogP contribution < -0.4 is 4.74 Å². The minimum Gasteiger partial charge on any atom is -0.468 e. The average molecular weight is 324 g/mol. The molecule has 0 unspecified atom stereocenters. The third kappa shape index (κ3) is 3.13. The molecule has 2 aromatic heterocycles. The number of hydrogen-bond acceptors (Lipinski definition) is 5. The number of aromatic nitrogens is 4. The predicted molar refractivity (Wildman–Crippen MR) is 92.0 cm³/mol. The summed E-state index contributed by atoms with van der Waals surface area (Å²) < 4.78 is 6.87. The Hall–Kier alpha value is -2.76. The quantitative estimate of drug-likeness (QED) is 0.717. The van der Waals surface area contributed by atoms with E-state index in [1.54, 1.807) is 17.0 Å². The van der Waals surface area contributed by atoms with Gasteiger partial charge >= 0.3 is 6.01 Å². The molecule has 0 saturated carbocycles. The minimum absolute atomic E-state index is 0.00107. The number of rotatable bonds is 5. The van der Waals surface area contributed by atoms with Crippen molar-refractivity contribution in [3.8, 4) is 17.1 Å². The SMILES string of the molecule is COc1nc2cc(-c3cncnc3)ccc2n1C(=O)CCC(C)C. The number of carbonyl (C=O) groups excluding carboxylic acids is 1. The Balaban J connectivity index is 2.02. The first-order valence-electron chi connectivity index (χ1n) is 7.95. The zero-order chi connectivity index (χ0) is 17.1. The first-order chi connectivity index (χ1) is 11.6. The molecule has 3 rings (SSSR count). The topological polar surface area (TPSA) is 69.9 Å². The molecule has 3 aromatic rings. The maximum atomic E-state index is 12.6. The summed E-state index contributed by atoms with van der Waals surface area (Å²) in [6.45, 7) is 4.20. The van der Waals surface area contributed by atoms with Gasteiger partial charge in [0.05, 0.1) is 18.1 Å².